The van der Waals surface area contributed by atoms with E-state index in [0.717, 1.165) is 17.7 Å². The summed E-state index contributed by atoms with van der Waals surface area (Å²) in [6.45, 7) is 1.76. The highest BCUT2D eigenvalue weighted by Gasteiger charge is 2.31. The molecule has 0 heterocycles. The Labute approximate surface area is 128 Å². The van der Waals surface area contributed by atoms with Gasteiger partial charge in [-0.3, -0.25) is 4.79 Å². The molecule has 0 saturated carbocycles. The molecule has 2 rings (SSSR count). The average molecular weight is 358 g/mol. The lowest BCUT2D eigenvalue weighted by molar-refractivity contribution is -0.137. The summed E-state index contributed by atoms with van der Waals surface area (Å²) < 4.78 is 38.5. The van der Waals surface area contributed by atoms with Crippen molar-refractivity contribution in [2.75, 3.05) is 5.32 Å². The van der Waals surface area contributed by atoms with Crippen molar-refractivity contribution in [1.29, 1.82) is 0 Å². The minimum Gasteiger partial charge on any atom is -0.321 e. The monoisotopic (exact) mass is 357 g/mol. The van der Waals surface area contributed by atoms with Crippen LogP contribution in [0.2, 0.25) is 0 Å². The molecule has 0 aliphatic rings. The molecule has 2 aromatic rings. The first-order chi connectivity index (χ1) is 9.79. The molecular formula is C15H11BrF3NO. The van der Waals surface area contributed by atoms with Gasteiger partial charge in [0, 0.05) is 10.0 Å². The highest BCUT2D eigenvalue weighted by molar-refractivity contribution is 9.10. The molecule has 0 spiro atoms. The summed E-state index contributed by atoms with van der Waals surface area (Å²) in [5, 5.41) is 2.49. The third-order valence-electron chi connectivity index (χ3n) is 2.93. The fourth-order valence-electron chi connectivity index (χ4n) is 1.81. The summed E-state index contributed by atoms with van der Waals surface area (Å²) in [6.07, 6.45) is -4.46. The summed E-state index contributed by atoms with van der Waals surface area (Å²) in [6, 6.07) is 9.97. The summed E-state index contributed by atoms with van der Waals surface area (Å²) in [4.78, 5) is 12.1. The smallest absolute Gasteiger partial charge is 0.321 e. The molecule has 6 heteroatoms. The molecule has 0 aliphatic heterocycles. The second-order valence-corrected chi connectivity index (χ2v) is 5.32. The van der Waals surface area contributed by atoms with Crippen LogP contribution in [0.25, 0.3) is 0 Å². The lowest BCUT2D eigenvalue weighted by Crippen LogP contribution is -2.14. The number of benzene rings is 2. The van der Waals surface area contributed by atoms with Gasteiger partial charge in [0.2, 0.25) is 0 Å². The van der Waals surface area contributed by atoms with Gasteiger partial charge >= 0.3 is 6.18 Å². The van der Waals surface area contributed by atoms with Crippen LogP contribution in [0.4, 0.5) is 18.9 Å². The van der Waals surface area contributed by atoms with Gasteiger partial charge in [-0.05, 0) is 52.7 Å². The number of nitrogens with one attached hydrogen (secondary N) is 1. The molecule has 0 fully saturated rings. The molecular weight excluding hydrogens is 347 g/mol. The standard InChI is InChI=1S/C15H11BrF3NO/c1-9-4-2-3-5-11(9)14(21)20-13-8-10(15(17,18)19)6-7-12(13)16/h2-8H,1H3,(H,20,21). The van der Waals surface area contributed by atoms with E-state index in [1.165, 1.54) is 6.07 Å². The van der Waals surface area contributed by atoms with Crippen LogP contribution in [0.5, 0.6) is 0 Å². The molecule has 110 valence electrons. The molecule has 0 radical (unpaired) electrons. The normalized spacial score (nSPS) is 11.3. The molecule has 0 unspecified atom stereocenters. The Balaban J connectivity index is 2.31. The number of hydrogen-bond acceptors (Lipinski definition) is 1. The maximum Gasteiger partial charge on any atom is 0.416 e. The van der Waals surface area contributed by atoms with E-state index in [1.807, 2.05) is 0 Å². The van der Waals surface area contributed by atoms with Gasteiger partial charge in [-0.25, -0.2) is 0 Å². The van der Waals surface area contributed by atoms with Gasteiger partial charge in [-0.2, -0.15) is 13.2 Å². The zero-order valence-electron chi connectivity index (χ0n) is 11.0. The molecule has 2 aromatic carbocycles. The predicted octanol–water partition coefficient (Wildman–Crippen LogP) is 5.03. The van der Waals surface area contributed by atoms with Crippen LogP contribution < -0.4 is 5.32 Å². The van der Waals surface area contributed by atoms with Crippen LogP contribution in [0.3, 0.4) is 0 Å². The molecule has 1 N–H and O–H groups in total. The maximum atomic E-state index is 12.7. The van der Waals surface area contributed by atoms with Crippen LogP contribution in [-0.2, 0) is 6.18 Å². The fourth-order valence-corrected chi connectivity index (χ4v) is 2.16. The largest absolute Gasteiger partial charge is 0.416 e. The number of carbonyl (C=O) groups is 1. The van der Waals surface area contributed by atoms with Crippen LogP contribution in [0.15, 0.2) is 46.9 Å². The molecule has 21 heavy (non-hydrogen) atoms. The van der Waals surface area contributed by atoms with Crippen molar-refractivity contribution in [2.24, 2.45) is 0 Å². The molecule has 0 bridgehead atoms. The van der Waals surface area contributed by atoms with Gasteiger partial charge in [-0.15, -0.1) is 0 Å². The number of rotatable bonds is 2. The van der Waals surface area contributed by atoms with Gasteiger partial charge < -0.3 is 5.32 Å². The van der Waals surface area contributed by atoms with Crippen LogP contribution in [0, 0.1) is 6.92 Å². The lowest BCUT2D eigenvalue weighted by Gasteiger charge is -2.12. The third-order valence-corrected chi connectivity index (χ3v) is 3.62. The van der Waals surface area contributed by atoms with E-state index in [0.29, 0.717) is 10.0 Å². The van der Waals surface area contributed by atoms with Gasteiger partial charge in [-0.1, -0.05) is 18.2 Å². The fraction of sp³-hybridized carbons (Fsp3) is 0.133. The number of aryl methyl sites for hydroxylation is 1. The Morgan fingerprint density at radius 3 is 2.43 bits per heavy atom. The quantitative estimate of drug-likeness (QED) is 0.802. The number of anilines is 1. The van der Waals surface area contributed by atoms with E-state index < -0.39 is 17.6 Å². The van der Waals surface area contributed by atoms with Crippen molar-refractivity contribution in [3.05, 3.63) is 63.6 Å². The van der Waals surface area contributed by atoms with Gasteiger partial charge in [0.1, 0.15) is 0 Å². The Kier molecular flexibility index (Phi) is 4.37. The van der Waals surface area contributed by atoms with Crippen molar-refractivity contribution in [3.63, 3.8) is 0 Å². The lowest BCUT2D eigenvalue weighted by atomic mass is 10.1. The van der Waals surface area contributed by atoms with Crippen LogP contribution >= 0.6 is 15.9 Å². The van der Waals surface area contributed by atoms with Crippen LogP contribution in [0.1, 0.15) is 21.5 Å². The van der Waals surface area contributed by atoms with Gasteiger partial charge in [0.25, 0.3) is 5.91 Å². The summed E-state index contributed by atoms with van der Waals surface area (Å²) in [5.74, 6) is -0.451. The topological polar surface area (TPSA) is 29.1 Å². The van der Waals surface area contributed by atoms with Crippen LogP contribution in [-0.4, -0.2) is 5.91 Å². The Morgan fingerprint density at radius 1 is 1.14 bits per heavy atom. The van der Waals surface area contributed by atoms with E-state index in [1.54, 1.807) is 31.2 Å². The van der Waals surface area contributed by atoms with Crippen molar-refractivity contribution in [3.8, 4) is 0 Å². The minimum absolute atomic E-state index is 0.0816. The number of carbonyl (C=O) groups excluding carboxylic acids is 1. The van der Waals surface area contributed by atoms with Crippen molar-refractivity contribution in [2.45, 2.75) is 13.1 Å². The number of hydrogen-bond donors (Lipinski definition) is 1. The second kappa shape index (κ2) is 5.89. The van der Waals surface area contributed by atoms with Gasteiger partial charge in [0.05, 0.1) is 11.3 Å². The first-order valence-electron chi connectivity index (χ1n) is 6.03. The number of amides is 1. The van der Waals surface area contributed by atoms with E-state index in [9.17, 15) is 18.0 Å². The zero-order valence-corrected chi connectivity index (χ0v) is 12.5. The number of halogens is 4. The highest BCUT2D eigenvalue weighted by atomic mass is 79.9. The Hall–Kier alpha value is -1.82. The summed E-state index contributed by atoms with van der Waals surface area (Å²) in [5.41, 5.74) is 0.434. The second-order valence-electron chi connectivity index (χ2n) is 4.46. The average Bonchev–Trinajstić information content (AvgIpc) is 2.40. The molecule has 0 aliphatic carbocycles. The summed E-state index contributed by atoms with van der Waals surface area (Å²) >= 11 is 3.13. The third kappa shape index (κ3) is 3.64. The summed E-state index contributed by atoms with van der Waals surface area (Å²) in [7, 11) is 0. The van der Waals surface area contributed by atoms with Crippen molar-refractivity contribution < 1.29 is 18.0 Å². The highest BCUT2D eigenvalue weighted by Crippen LogP contribution is 2.34. The molecule has 0 atom stereocenters. The van der Waals surface area contributed by atoms with E-state index in [4.69, 9.17) is 0 Å². The molecule has 0 aromatic heterocycles. The minimum atomic E-state index is -4.46. The van der Waals surface area contributed by atoms with E-state index >= 15 is 0 Å². The maximum absolute atomic E-state index is 12.7. The Bertz CT molecular complexity index is 683. The van der Waals surface area contributed by atoms with Gasteiger partial charge in [0.15, 0.2) is 0 Å². The SMILES string of the molecule is Cc1ccccc1C(=O)Nc1cc(C(F)(F)F)ccc1Br. The molecule has 0 saturated heterocycles. The molecule has 1 amide bonds. The predicted molar refractivity (Wildman–Crippen MR) is 78.3 cm³/mol. The first-order valence-corrected chi connectivity index (χ1v) is 6.82. The molecule has 2 nitrogen and oxygen atoms in total. The van der Waals surface area contributed by atoms with E-state index in [-0.39, 0.29) is 5.69 Å². The van der Waals surface area contributed by atoms with Crippen molar-refractivity contribution in [1.82, 2.24) is 0 Å². The van der Waals surface area contributed by atoms with E-state index in [2.05, 4.69) is 21.2 Å². The van der Waals surface area contributed by atoms with Crippen molar-refractivity contribution >= 4 is 27.5 Å². The first kappa shape index (κ1) is 15.6. The zero-order chi connectivity index (χ0) is 15.6. The Morgan fingerprint density at radius 2 is 1.81 bits per heavy atom. The number of alkyl halides is 3.